The van der Waals surface area contributed by atoms with Gasteiger partial charge in [-0.1, -0.05) is 36.1 Å². The van der Waals surface area contributed by atoms with E-state index < -0.39 is 23.8 Å². The van der Waals surface area contributed by atoms with E-state index in [0.29, 0.717) is 0 Å². The number of benzene rings is 2. The molecule has 0 saturated heterocycles. The van der Waals surface area contributed by atoms with Crippen molar-refractivity contribution in [2.24, 2.45) is 0 Å². The summed E-state index contributed by atoms with van der Waals surface area (Å²) in [6.45, 7) is 0. The molecule has 0 heterocycles. The average molecular weight is 358 g/mol. The van der Waals surface area contributed by atoms with Crippen molar-refractivity contribution in [2.45, 2.75) is 0 Å². The van der Waals surface area contributed by atoms with E-state index in [1.54, 1.807) is 0 Å². The molecule has 0 spiro atoms. The zero-order chi connectivity index (χ0) is 17.4. The summed E-state index contributed by atoms with van der Waals surface area (Å²) in [6.07, 6.45) is -1.56. The molecular weight excluding hydrogens is 348 g/mol. The number of hydrogen-bond donors (Lipinski definition) is 2. The third-order valence-corrected chi connectivity index (χ3v) is 2.42. The molecule has 9 heteroatoms. The number of para-hydroxylation sites is 2. The van der Waals surface area contributed by atoms with Crippen molar-refractivity contribution in [1.29, 1.82) is 0 Å². The number of ether oxygens (including phenoxy) is 1. The Balaban J connectivity index is 0.000000436. The van der Waals surface area contributed by atoms with E-state index in [-0.39, 0.29) is 54.6 Å². The number of carboxylic acids is 2. The Morgan fingerprint density at radius 1 is 0.875 bits per heavy atom. The molecule has 8 nitrogen and oxygen atoms in total. The first kappa shape index (κ1) is 21.7. The van der Waals surface area contributed by atoms with Crippen LogP contribution < -0.4 is 14.9 Å². The maximum Gasteiger partial charge on any atom is 2.00 e. The normalized spacial score (nSPS) is 8.83. The molecule has 0 radical (unpaired) electrons. The maximum absolute atomic E-state index is 10.7. The van der Waals surface area contributed by atoms with Crippen LogP contribution in [0.5, 0.6) is 11.5 Å². The third kappa shape index (κ3) is 6.86. The van der Waals surface area contributed by atoms with Gasteiger partial charge in [0, 0.05) is 5.56 Å². The summed E-state index contributed by atoms with van der Waals surface area (Å²) >= 11 is 0. The second-order valence-corrected chi connectivity index (χ2v) is 3.95. The monoisotopic (exact) mass is 358 g/mol. The molecule has 2 aromatic rings. The second kappa shape index (κ2) is 10.5. The Morgan fingerprint density at radius 2 is 1.38 bits per heavy atom. The molecular formula is C15H10CaO8. The summed E-state index contributed by atoms with van der Waals surface area (Å²) < 4.78 is 4.20. The zero-order valence-corrected chi connectivity index (χ0v) is 14.4. The summed E-state index contributed by atoms with van der Waals surface area (Å²) in [6, 6.07) is 10.9. The summed E-state index contributed by atoms with van der Waals surface area (Å²) in [5.41, 5.74) is -0.465. The Labute approximate surface area is 165 Å². The number of aromatic carboxylic acids is 2. The van der Waals surface area contributed by atoms with Crippen LogP contribution >= 0.6 is 0 Å². The second-order valence-electron chi connectivity index (χ2n) is 3.95. The first-order valence-corrected chi connectivity index (χ1v) is 6.03. The first-order valence-electron chi connectivity index (χ1n) is 6.03. The molecule has 120 valence electrons. The van der Waals surface area contributed by atoms with Crippen molar-refractivity contribution in [3.05, 3.63) is 59.7 Å². The average Bonchev–Trinajstić information content (AvgIpc) is 2.47. The van der Waals surface area contributed by atoms with Crippen LogP contribution in [0.15, 0.2) is 48.5 Å². The Bertz CT molecular complexity index is 729. The van der Waals surface area contributed by atoms with Crippen LogP contribution in [-0.2, 0) is 0 Å². The Hall–Kier alpha value is -2.29. The van der Waals surface area contributed by atoms with Crippen LogP contribution in [0, 0.1) is 0 Å². The Morgan fingerprint density at radius 3 is 1.79 bits per heavy atom. The molecule has 0 aliphatic carbocycles. The molecule has 24 heavy (non-hydrogen) atoms. The van der Waals surface area contributed by atoms with Gasteiger partial charge in [-0.2, -0.15) is 0 Å². The van der Waals surface area contributed by atoms with Gasteiger partial charge in [0.15, 0.2) is 0 Å². The molecule has 0 unspecified atom stereocenters. The molecule has 2 rings (SSSR count). The van der Waals surface area contributed by atoms with Gasteiger partial charge in [0.1, 0.15) is 5.75 Å². The molecule has 0 bridgehead atoms. The van der Waals surface area contributed by atoms with Gasteiger partial charge >= 0.3 is 49.9 Å². The van der Waals surface area contributed by atoms with Crippen molar-refractivity contribution < 1.29 is 39.5 Å². The van der Waals surface area contributed by atoms with E-state index >= 15 is 0 Å². The molecule has 2 aromatic carbocycles. The van der Waals surface area contributed by atoms with Crippen molar-refractivity contribution >= 4 is 55.8 Å². The zero-order valence-electron chi connectivity index (χ0n) is 12.2. The van der Waals surface area contributed by atoms with Gasteiger partial charge in [0.2, 0.25) is 0 Å². The van der Waals surface area contributed by atoms with Crippen LogP contribution in [-0.4, -0.2) is 66.0 Å². The molecule has 0 aliphatic heterocycles. The van der Waals surface area contributed by atoms with Gasteiger partial charge in [-0.15, -0.1) is 0 Å². The topological polar surface area (TPSA) is 147 Å². The van der Waals surface area contributed by atoms with Crippen LogP contribution in [0.3, 0.4) is 0 Å². The SMILES string of the molecule is O=C(O)Oc1ccccc1C(=O)[O-].O=C(O)c1ccccc1[O-].[Ca+2]. The van der Waals surface area contributed by atoms with E-state index in [0.717, 1.165) is 0 Å². The number of carbonyl (C=O) groups excluding carboxylic acids is 1. The quantitative estimate of drug-likeness (QED) is 0.449. The standard InChI is InChI=1S/C8H6O5.C7H6O3.Ca/c9-7(10)5-3-1-2-4-6(5)13-8(11)12;8-6-4-2-1-3-5(6)7(9)10;/h1-4H,(H,9,10)(H,11,12);1-4,8H,(H,9,10);/q;;+2/p-2. The minimum atomic E-state index is -1.56. The van der Waals surface area contributed by atoms with E-state index in [1.165, 1.54) is 48.5 Å². The number of carboxylic acid groups (broad SMARTS) is 3. The summed E-state index contributed by atoms with van der Waals surface area (Å²) in [7, 11) is 0. The van der Waals surface area contributed by atoms with Crippen molar-refractivity contribution in [3.8, 4) is 11.5 Å². The predicted octanol–water partition coefficient (Wildman–Crippen LogP) is 0.184. The smallest absolute Gasteiger partial charge is 0.872 e. The van der Waals surface area contributed by atoms with E-state index in [2.05, 4.69) is 4.74 Å². The molecule has 0 amide bonds. The fourth-order valence-electron chi connectivity index (χ4n) is 1.46. The number of hydrogen-bond acceptors (Lipinski definition) is 6. The van der Waals surface area contributed by atoms with Gasteiger partial charge < -0.3 is 30.0 Å². The molecule has 0 aromatic heterocycles. The molecule has 0 saturated carbocycles. The maximum atomic E-state index is 10.7. The predicted molar refractivity (Wildman–Crippen MR) is 78.0 cm³/mol. The van der Waals surface area contributed by atoms with E-state index in [9.17, 15) is 24.6 Å². The van der Waals surface area contributed by atoms with Crippen molar-refractivity contribution in [2.75, 3.05) is 0 Å². The summed E-state index contributed by atoms with van der Waals surface area (Å²) in [5, 5.41) is 37.7. The molecule has 0 aliphatic rings. The fourth-order valence-corrected chi connectivity index (χ4v) is 1.46. The molecule has 0 fully saturated rings. The number of carbonyl (C=O) groups is 3. The minimum absolute atomic E-state index is 0. The largest absolute Gasteiger partial charge is 2.00 e. The number of rotatable bonds is 3. The van der Waals surface area contributed by atoms with Crippen molar-refractivity contribution in [3.63, 3.8) is 0 Å². The van der Waals surface area contributed by atoms with Gasteiger partial charge in [0.25, 0.3) is 0 Å². The van der Waals surface area contributed by atoms with Gasteiger partial charge in [-0.05, 0) is 18.2 Å². The van der Waals surface area contributed by atoms with Gasteiger partial charge in [-0.25, -0.2) is 9.59 Å². The van der Waals surface area contributed by atoms with Gasteiger partial charge in [-0.3, -0.25) is 0 Å². The van der Waals surface area contributed by atoms with Crippen LogP contribution in [0.2, 0.25) is 0 Å². The van der Waals surface area contributed by atoms with Crippen LogP contribution in [0.1, 0.15) is 20.7 Å². The third-order valence-electron chi connectivity index (χ3n) is 2.42. The van der Waals surface area contributed by atoms with Crippen LogP contribution in [0.25, 0.3) is 0 Å². The first-order chi connectivity index (χ1) is 10.8. The van der Waals surface area contributed by atoms with E-state index in [4.69, 9.17) is 10.2 Å². The fraction of sp³-hybridized carbons (Fsp3) is 0. The van der Waals surface area contributed by atoms with Crippen molar-refractivity contribution in [1.82, 2.24) is 0 Å². The Kier molecular flexibility index (Phi) is 9.48. The van der Waals surface area contributed by atoms with E-state index in [1.807, 2.05) is 0 Å². The molecule has 0 atom stereocenters. The molecule has 2 N–H and O–H groups in total. The summed E-state index contributed by atoms with van der Waals surface area (Å²) in [5.74, 6) is -3.34. The van der Waals surface area contributed by atoms with Crippen LogP contribution in [0.4, 0.5) is 4.79 Å². The van der Waals surface area contributed by atoms with Gasteiger partial charge in [0.05, 0.1) is 11.5 Å². The minimum Gasteiger partial charge on any atom is -0.872 e. The summed E-state index contributed by atoms with van der Waals surface area (Å²) in [4.78, 5) is 30.7.